The van der Waals surface area contributed by atoms with Crippen molar-refractivity contribution in [3.8, 4) is 0 Å². The Bertz CT molecular complexity index is 300. The van der Waals surface area contributed by atoms with E-state index in [9.17, 15) is 4.79 Å². The number of hydrogen-bond donors (Lipinski definition) is 0. The Labute approximate surface area is 92.8 Å². The zero-order valence-electron chi connectivity index (χ0n) is 6.83. The fourth-order valence-corrected chi connectivity index (χ4v) is 1.45. The van der Waals surface area contributed by atoms with Gasteiger partial charge in [0.1, 0.15) is 0 Å². The molecular weight excluding hydrogens is 302 g/mol. The van der Waals surface area contributed by atoms with Crippen LogP contribution in [-0.2, 0) is 9.53 Å². The minimum atomic E-state index is -0.495. The van der Waals surface area contributed by atoms with E-state index < -0.39 is 4.83 Å². The third kappa shape index (κ3) is 2.77. The van der Waals surface area contributed by atoms with Crippen LogP contribution in [0.25, 0.3) is 0 Å². The number of nitrogens with zero attached hydrogens (tertiary/aromatic N) is 1. The second kappa shape index (κ2) is 4.72. The second-order valence-electron chi connectivity index (χ2n) is 2.29. The summed E-state index contributed by atoms with van der Waals surface area (Å²) in [6.07, 6.45) is 1.63. The Morgan fingerprint density at radius 1 is 1.62 bits per heavy atom. The van der Waals surface area contributed by atoms with E-state index in [4.69, 9.17) is 0 Å². The molecule has 1 unspecified atom stereocenters. The minimum absolute atomic E-state index is 0.352. The van der Waals surface area contributed by atoms with Gasteiger partial charge in [0, 0.05) is 10.7 Å². The number of aromatic nitrogens is 1. The molecule has 0 aromatic carbocycles. The second-order valence-corrected chi connectivity index (χ2v) is 4.12. The lowest BCUT2D eigenvalue weighted by molar-refractivity contribution is -0.139. The highest BCUT2D eigenvalue weighted by Crippen LogP contribution is 2.22. The van der Waals surface area contributed by atoms with Gasteiger partial charge in [-0.15, -0.1) is 0 Å². The summed E-state index contributed by atoms with van der Waals surface area (Å²) in [6.45, 7) is 0. The first-order valence-corrected chi connectivity index (χ1v) is 5.19. The van der Waals surface area contributed by atoms with Crippen molar-refractivity contribution < 1.29 is 9.53 Å². The number of methoxy groups -OCH3 is 1. The van der Waals surface area contributed by atoms with E-state index in [-0.39, 0.29) is 5.97 Å². The molecule has 0 aliphatic rings. The molecule has 0 amide bonds. The lowest BCUT2D eigenvalue weighted by Crippen LogP contribution is -2.09. The number of hydrogen-bond acceptors (Lipinski definition) is 3. The molecule has 0 bridgehead atoms. The molecule has 0 aliphatic carbocycles. The molecule has 0 N–H and O–H groups in total. The predicted molar refractivity (Wildman–Crippen MR) is 55.6 cm³/mol. The minimum Gasteiger partial charge on any atom is -0.468 e. The van der Waals surface area contributed by atoms with Gasteiger partial charge in [-0.1, -0.05) is 15.9 Å². The van der Waals surface area contributed by atoms with Crippen molar-refractivity contribution in [1.82, 2.24) is 4.98 Å². The van der Waals surface area contributed by atoms with Crippen LogP contribution in [0.3, 0.4) is 0 Å². The van der Waals surface area contributed by atoms with Gasteiger partial charge in [0.15, 0.2) is 4.83 Å². The Morgan fingerprint density at radius 2 is 2.31 bits per heavy atom. The van der Waals surface area contributed by atoms with Crippen molar-refractivity contribution in [2.24, 2.45) is 0 Å². The largest absolute Gasteiger partial charge is 0.468 e. The number of rotatable bonds is 2. The first-order chi connectivity index (χ1) is 6.15. The Hall–Kier alpha value is -0.420. The van der Waals surface area contributed by atoms with Gasteiger partial charge in [-0.25, -0.2) is 0 Å². The zero-order chi connectivity index (χ0) is 9.84. The van der Waals surface area contributed by atoms with E-state index in [1.165, 1.54) is 7.11 Å². The average molecular weight is 309 g/mol. The van der Waals surface area contributed by atoms with E-state index in [2.05, 4.69) is 41.6 Å². The molecule has 5 heteroatoms. The van der Waals surface area contributed by atoms with Crippen LogP contribution < -0.4 is 0 Å². The highest BCUT2D eigenvalue weighted by Gasteiger charge is 2.18. The van der Waals surface area contributed by atoms with Gasteiger partial charge in [0.25, 0.3) is 0 Å². The van der Waals surface area contributed by atoms with Crippen molar-refractivity contribution in [3.63, 3.8) is 0 Å². The highest BCUT2D eigenvalue weighted by molar-refractivity contribution is 9.10. The molecule has 70 valence electrons. The quantitative estimate of drug-likeness (QED) is 0.622. The summed E-state index contributed by atoms with van der Waals surface area (Å²) in [6, 6.07) is 3.57. The van der Waals surface area contributed by atoms with Gasteiger partial charge in [-0.05, 0) is 28.1 Å². The third-order valence-electron chi connectivity index (χ3n) is 1.42. The predicted octanol–water partition coefficient (Wildman–Crippen LogP) is 2.45. The lowest BCUT2D eigenvalue weighted by atomic mass is 10.3. The number of halogens is 2. The summed E-state index contributed by atoms with van der Waals surface area (Å²) in [5.41, 5.74) is 0.634. The topological polar surface area (TPSA) is 39.2 Å². The summed E-state index contributed by atoms with van der Waals surface area (Å²) >= 11 is 6.44. The van der Waals surface area contributed by atoms with Gasteiger partial charge in [-0.3, -0.25) is 9.78 Å². The van der Waals surface area contributed by atoms with Crippen LogP contribution in [0, 0.1) is 0 Å². The van der Waals surface area contributed by atoms with Crippen LogP contribution in [0.4, 0.5) is 0 Å². The van der Waals surface area contributed by atoms with Crippen LogP contribution in [-0.4, -0.2) is 18.1 Å². The molecule has 0 fully saturated rings. The SMILES string of the molecule is COC(=O)C(Br)c1ccc(Br)cn1. The van der Waals surface area contributed by atoms with Crippen LogP contribution >= 0.6 is 31.9 Å². The Morgan fingerprint density at radius 3 is 2.77 bits per heavy atom. The number of esters is 1. The monoisotopic (exact) mass is 307 g/mol. The maximum absolute atomic E-state index is 11.1. The van der Waals surface area contributed by atoms with Crippen molar-refractivity contribution in [1.29, 1.82) is 0 Å². The van der Waals surface area contributed by atoms with E-state index in [0.717, 1.165) is 4.47 Å². The van der Waals surface area contributed by atoms with Gasteiger partial charge in [-0.2, -0.15) is 0 Å². The Kier molecular flexibility index (Phi) is 3.87. The van der Waals surface area contributed by atoms with Crippen molar-refractivity contribution in [3.05, 3.63) is 28.5 Å². The molecule has 13 heavy (non-hydrogen) atoms. The van der Waals surface area contributed by atoms with Gasteiger partial charge in [0.2, 0.25) is 0 Å². The summed E-state index contributed by atoms with van der Waals surface area (Å²) in [7, 11) is 1.34. The van der Waals surface area contributed by atoms with Crippen molar-refractivity contribution in [2.45, 2.75) is 4.83 Å². The fourth-order valence-electron chi connectivity index (χ4n) is 0.761. The molecule has 1 rings (SSSR count). The standard InChI is InChI=1S/C8H7Br2NO2/c1-13-8(12)7(10)6-3-2-5(9)4-11-6/h2-4,7H,1H3. The maximum atomic E-state index is 11.1. The van der Waals surface area contributed by atoms with Crippen molar-refractivity contribution >= 4 is 37.8 Å². The molecule has 1 aromatic heterocycles. The Balaban J connectivity index is 2.83. The maximum Gasteiger partial charge on any atom is 0.325 e. The molecule has 3 nitrogen and oxygen atoms in total. The van der Waals surface area contributed by atoms with Crippen molar-refractivity contribution in [2.75, 3.05) is 7.11 Å². The van der Waals surface area contributed by atoms with E-state index >= 15 is 0 Å². The lowest BCUT2D eigenvalue weighted by Gasteiger charge is -2.05. The van der Waals surface area contributed by atoms with E-state index in [1.54, 1.807) is 12.3 Å². The summed E-state index contributed by atoms with van der Waals surface area (Å²) in [5.74, 6) is -0.352. The highest BCUT2D eigenvalue weighted by atomic mass is 79.9. The van der Waals surface area contributed by atoms with Crippen LogP contribution in [0.5, 0.6) is 0 Å². The number of ether oxygens (including phenoxy) is 1. The summed E-state index contributed by atoms with van der Waals surface area (Å²) in [4.78, 5) is 14.6. The molecule has 0 saturated carbocycles. The molecule has 1 atom stereocenters. The normalized spacial score (nSPS) is 12.2. The molecule has 0 spiro atoms. The molecule has 1 heterocycles. The number of carbonyl (C=O) groups excluding carboxylic acids is 1. The number of pyridine rings is 1. The number of alkyl halides is 1. The van der Waals surface area contributed by atoms with E-state index in [1.807, 2.05) is 6.07 Å². The van der Waals surface area contributed by atoms with Crippen LogP contribution in [0.1, 0.15) is 10.5 Å². The van der Waals surface area contributed by atoms with Gasteiger partial charge >= 0.3 is 5.97 Å². The molecule has 0 radical (unpaired) electrons. The van der Waals surface area contributed by atoms with Crippen LogP contribution in [0.2, 0.25) is 0 Å². The average Bonchev–Trinajstić information content (AvgIpc) is 2.17. The van der Waals surface area contributed by atoms with Gasteiger partial charge < -0.3 is 4.74 Å². The smallest absolute Gasteiger partial charge is 0.325 e. The fraction of sp³-hybridized carbons (Fsp3) is 0.250. The van der Waals surface area contributed by atoms with E-state index in [0.29, 0.717) is 5.69 Å². The summed E-state index contributed by atoms with van der Waals surface area (Å²) < 4.78 is 5.43. The molecule has 0 aliphatic heterocycles. The molecule has 0 saturated heterocycles. The third-order valence-corrected chi connectivity index (χ3v) is 2.73. The molecule has 1 aromatic rings. The summed E-state index contributed by atoms with van der Waals surface area (Å²) in [5, 5.41) is 0. The first kappa shape index (κ1) is 10.7. The van der Waals surface area contributed by atoms with Gasteiger partial charge in [0.05, 0.1) is 12.8 Å². The molecular formula is C8H7Br2NO2. The number of carbonyl (C=O) groups is 1. The van der Waals surface area contributed by atoms with Crippen LogP contribution in [0.15, 0.2) is 22.8 Å². The zero-order valence-corrected chi connectivity index (χ0v) is 10.0. The first-order valence-electron chi connectivity index (χ1n) is 3.48.